The summed E-state index contributed by atoms with van der Waals surface area (Å²) in [7, 11) is -4.12. The Labute approximate surface area is 182 Å². The predicted molar refractivity (Wildman–Crippen MR) is 106 cm³/mol. The largest absolute Gasteiger partial charge is 0.487 e. The van der Waals surface area contributed by atoms with Crippen LogP contribution in [0, 0.1) is 11.7 Å². The second-order valence-electron chi connectivity index (χ2n) is 7.15. The van der Waals surface area contributed by atoms with Crippen molar-refractivity contribution in [3.05, 3.63) is 59.9 Å². The maximum absolute atomic E-state index is 13.5. The van der Waals surface area contributed by atoms with Gasteiger partial charge in [0.15, 0.2) is 11.6 Å². The Kier molecular flexibility index (Phi) is 7.40. The summed E-state index contributed by atoms with van der Waals surface area (Å²) >= 11 is 0. The van der Waals surface area contributed by atoms with Gasteiger partial charge in [-0.15, -0.1) is 0 Å². The first kappa shape index (κ1) is 24.0. The van der Waals surface area contributed by atoms with Crippen LogP contribution in [0.3, 0.4) is 0 Å². The molecule has 0 aliphatic carbocycles. The molecule has 0 amide bonds. The molecule has 1 heterocycles. The number of hydrogen-bond donors (Lipinski definition) is 0. The minimum Gasteiger partial charge on any atom is -0.487 e. The molecule has 1 aliphatic heterocycles. The van der Waals surface area contributed by atoms with Crippen LogP contribution in [0.15, 0.2) is 53.4 Å². The fraction of sp³-hybridized carbons (Fsp3) is 0.381. The zero-order valence-electron chi connectivity index (χ0n) is 16.8. The predicted octanol–water partition coefficient (Wildman–Crippen LogP) is 3.87. The fourth-order valence-corrected chi connectivity index (χ4v) is 4.80. The Balaban J connectivity index is 1.50. The zero-order valence-corrected chi connectivity index (χ0v) is 17.7. The molecule has 0 unspecified atom stereocenters. The van der Waals surface area contributed by atoms with Crippen molar-refractivity contribution in [2.45, 2.75) is 23.9 Å². The maximum atomic E-state index is 13.5. The summed E-state index contributed by atoms with van der Waals surface area (Å²) in [5.41, 5.74) is -1.05. The monoisotopic (exact) mass is 475 g/mol. The van der Waals surface area contributed by atoms with Gasteiger partial charge in [-0.3, -0.25) is 4.79 Å². The molecule has 6 nitrogen and oxygen atoms in total. The Morgan fingerprint density at radius 3 is 2.38 bits per heavy atom. The molecule has 2 aromatic rings. The lowest BCUT2D eigenvalue weighted by atomic mass is 9.98. The lowest BCUT2D eigenvalue weighted by molar-refractivity contribution is -0.150. The van der Waals surface area contributed by atoms with E-state index in [0.29, 0.717) is 6.07 Å². The molecule has 0 bridgehead atoms. The third kappa shape index (κ3) is 5.77. The van der Waals surface area contributed by atoms with Gasteiger partial charge in [-0.25, -0.2) is 12.8 Å². The molecule has 174 valence electrons. The van der Waals surface area contributed by atoms with E-state index in [1.54, 1.807) is 6.07 Å². The van der Waals surface area contributed by atoms with Gasteiger partial charge in [-0.05, 0) is 43.2 Å². The van der Waals surface area contributed by atoms with Crippen molar-refractivity contribution in [2.24, 2.45) is 5.92 Å². The van der Waals surface area contributed by atoms with Crippen molar-refractivity contribution in [3.63, 3.8) is 0 Å². The third-order valence-electron chi connectivity index (χ3n) is 5.01. The topological polar surface area (TPSA) is 72.9 Å². The Hall–Kier alpha value is -2.66. The molecule has 0 aromatic heterocycles. The maximum Gasteiger partial charge on any atom is 0.416 e. The number of benzene rings is 2. The van der Waals surface area contributed by atoms with Gasteiger partial charge < -0.3 is 9.47 Å². The molecule has 0 saturated carbocycles. The van der Waals surface area contributed by atoms with Crippen molar-refractivity contribution in [2.75, 3.05) is 26.3 Å². The molecule has 0 spiro atoms. The summed E-state index contributed by atoms with van der Waals surface area (Å²) in [4.78, 5) is 11.8. The summed E-state index contributed by atoms with van der Waals surface area (Å²) < 4.78 is 89.0. The van der Waals surface area contributed by atoms with Gasteiger partial charge in [0.2, 0.25) is 10.0 Å². The van der Waals surface area contributed by atoms with Crippen molar-refractivity contribution >= 4 is 16.0 Å². The molecular formula is C21H21F4NO5S. The Morgan fingerprint density at radius 1 is 1.03 bits per heavy atom. The van der Waals surface area contributed by atoms with Crippen molar-refractivity contribution in [1.29, 1.82) is 0 Å². The number of carbonyl (C=O) groups is 1. The number of hydrogen-bond acceptors (Lipinski definition) is 5. The number of carbonyl (C=O) groups excluding carboxylic acids is 1. The van der Waals surface area contributed by atoms with Crippen LogP contribution in [0.2, 0.25) is 0 Å². The van der Waals surface area contributed by atoms with E-state index in [0.717, 1.165) is 22.5 Å². The van der Waals surface area contributed by atoms with Crippen LogP contribution in [-0.4, -0.2) is 45.0 Å². The minimum atomic E-state index is -4.65. The van der Waals surface area contributed by atoms with E-state index in [9.17, 15) is 30.8 Å². The number of sulfonamides is 1. The first-order valence-electron chi connectivity index (χ1n) is 9.80. The average molecular weight is 475 g/mol. The summed E-state index contributed by atoms with van der Waals surface area (Å²) in [5, 5.41) is 0. The lowest BCUT2D eigenvalue weighted by Crippen LogP contribution is -2.40. The molecule has 1 saturated heterocycles. The van der Waals surface area contributed by atoms with E-state index in [1.807, 2.05) is 0 Å². The highest BCUT2D eigenvalue weighted by Gasteiger charge is 2.35. The first-order chi connectivity index (χ1) is 15.1. The molecule has 11 heteroatoms. The highest BCUT2D eigenvalue weighted by atomic mass is 32.2. The number of ether oxygens (including phenoxy) is 2. The summed E-state index contributed by atoms with van der Waals surface area (Å²) in [5.74, 6) is -1.57. The molecule has 3 rings (SSSR count). The molecule has 1 aliphatic rings. The molecule has 1 fully saturated rings. The summed E-state index contributed by atoms with van der Waals surface area (Å²) in [6, 6.07) is 9.36. The fourth-order valence-electron chi connectivity index (χ4n) is 3.29. The van der Waals surface area contributed by atoms with Crippen molar-refractivity contribution in [3.8, 4) is 5.75 Å². The first-order valence-corrected chi connectivity index (χ1v) is 11.2. The number of piperidine rings is 1. The minimum absolute atomic E-state index is 0.0237. The van der Waals surface area contributed by atoms with Gasteiger partial charge in [0.1, 0.15) is 13.2 Å². The number of rotatable bonds is 7. The normalized spacial score (nSPS) is 16.0. The number of esters is 1. The standard InChI is InChI=1S/C21H21F4NO5S/c22-18-6-1-2-7-19(18)30-12-13-31-20(27)15-8-10-26(11-9-15)32(28,29)17-5-3-4-16(14-17)21(23,24)25/h1-7,14-15H,8-13H2. The van der Waals surface area contributed by atoms with E-state index < -0.39 is 44.4 Å². The van der Waals surface area contributed by atoms with Crippen LogP contribution >= 0.6 is 0 Å². The van der Waals surface area contributed by atoms with Crippen LogP contribution in [0.25, 0.3) is 0 Å². The number of halogens is 4. The van der Waals surface area contributed by atoms with Crippen LogP contribution in [0.1, 0.15) is 18.4 Å². The molecule has 0 atom stereocenters. The second kappa shape index (κ2) is 9.86. The van der Waals surface area contributed by atoms with Crippen LogP contribution in [-0.2, 0) is 25.7 Å². The van der Waals surface area contributed by atoms with Gasteiger partial charge in [0, 0.05) is 13.1 Å². The highest BCUT2D eigenvalue weighted by molar-refractivity contribution is 7.89. The lowest BCUT2D eigenvalue weighted by Gasteiger charge is -2.30. The second-order valence-corrected chi connectivity index (χ2v) is 9.09. The Morgan fingerprint density at radius 2 is 1.72 bits per heavy atom. The van der Waals surface area contributed by atoms with Gasteiger partial charge in [-0.2, -0.15) is 17.5 Å². The van der Waals surface area contributed by atoms with Crippen molar-refractivity contribution in [1.82, 2.24) is 4.31 Å². The van der Waals surface area contributed by atoms with Crippen molar-refractivity contribution < 1.29 is 40.2 Å². The molecular weight excluding hydrogens is 454 g/mol. The van der Waals surface area contributed by atoms with Gasteiger partial charge >= 0.3 is 12.1 Å². The summed E-state index contributed by atoms with van der Waals surface area (Å²) in [6.07, 6.45) is -4.31. The quantitative estimate of drug-likeness (QED) is 0.345. The molecule has 2 aromatic carbocycles. The number of nitrogens with zero attached hydrogens (tertiary/aromatic N) is 1. The van der Waals surface area contributed by atoms with Crippen LogP contribution < -0.4 is 4.74 Å². The molecule has 0 N–H and O–H groups in total. The smallest absolute Gasteiger partial charge is 0.416 e. The van der Waals surface area contributed by atoms with Gasteiger partial charge in [0.25, 0.3) is 0 Å². The van der Waals surface area contributed by atoms with E-state index in [4.69, 9.17) is 9.47 Å². The van der Waals surface area contributed by atoms with E-state index in [1.165, 1.54) is 18.2 Å². The van der Waals surface area contributed by atoms with E-state index in [-0.39, 0.29) is 44.9 Å². The third-order valence-corrected chi connectivity index (χ3v) is 6.90. The highest BCUT2D eigenvalue weighted by Crippen LogP contribution is 2.32. The van der Waals surface area contributed by atoms with Crippen LogP contribution in [0.5, 0.6) is 5.75 Å². The SMILES string of the molecule is O=C(OCCOc1ccccc1F)C1CCN(S(=O)(=O)c2cccc(C(F)(F)F)c2)CC1. The van der Waals surface area contributed by atoms with E-state index in [2.05, 4.69) is 0 Å². The number of alkyl halides is 3. The molecule has 32 heavy (non-hydrogen) atoms. The van der Waals surface area contributed by atoms with Crippen LogP contribution in [0.4, 0.5) is 17.6 Å². The van der Waals surface area contributed by atoms with Gasteiger partial charge in [-0.1, -0.05) is 18.2 Å². The zero-order chi connectivity index (χ0) is 23.4. The van der Waals surface area contributed by atoms with E-state index >= 15 is 0 Å². The number of para-hydroxylation sites is 1. The summed E-state index contributed by atoms with van der Waals surface area (Å²) in [6.45, 7) is -0.195. The Bertz CT molecular complexity index is 1050. The molecule has 0 radical (unpaired) electrons. The van der Waals surface area contributed by atoms with Gasteiger partial charge in [0.05, 0.1) is 16.4 Å². The average Bonchev–Trinajstić information content (AvgIpc) is 2.77.